The second kappa shape index (κ2) is 9.21. The highest BCUT2D eigenvalue weighted by Gasteiger charge is 2.25. The summed E-state index contributed by atoms with van der Waals surface area (Å²) in [7, 11) is 3.19. The van der Waals surface area contributed by atoms with Crippen LogP contribution >= 0.6 is 11.3 Å². The molecule has 146 valence electrons. The van der Waals surface area contributed by atoms with Crippen LogP contribution in [0.1, 0.15) is 12.5 Å². The van der Waals surface area contributed by atoms with Crippen LogP contribution in [0.15, 0.2) is 35.0 Å². The van der Waals surface area contributed by atoms with Crippen molar-refractivity contribution in [3.63, 3.8) is 0 Å². The van der Waals surface area contributed by atoms with Crippen LogP contribution in [-0.4, -0.2) is 62.1 Å². The molecule has 27 heavy (non-hydrogen) atoms. The molecule has 3 rings (SSSR count). The third-order valence-corrected chi connectivity index (χ3v) is 5.67. The monoisotopic (exact) mass is 389 g/mol. The van der Waals surface area contributed by atoms with Gasteiger partial charge in [-0.25, -0.2) is 0 Å². The number of benzene rings is 1. The van der Waals surface area contributed by atoms with Gasteiger partial charge in [0, 0.05) is 56.6 Å². The first-order valence-electron chi connectivity index (χ1n) is 9.10. The zero-order valence-corrected chi connectivity index (χ0v) is 16.9. The quantitative estimate of drug-likeness (QED) is 0.789. The molecule has 0 bridgehead atoms. The predicted molar refractivity (Wildman–Crippen MR) is 109 cm³/mol. The first-order chi connectivity index (χ1) is 13.1. The molecular weight excluding hydrogens is 362 g/mol. The third kappa shape index (κ3) is 5.22. The molecule has 1 aromatic heterocycles. The molecule has 1 fully saturated rings. The molecule has 1 aromatic carbocycles. The van der Waals surface area contributed by atoms with Crippen molar-refractivity contribution in [2.45, 2.75) is 19.5 Å². The molecule has 1 aliphatic rings. The molecule has 0 spiro atoms. The third-order valence-electron chi connectivity index (χ3n) is 4.94. The minimum atomic E-state index is -0.189. The Kier molecular flexibility index (Phi) is 6.71. The average Bonchev–Trinajstić information content (AvgIpc) is 3.20. The summed E-state index contributed by atoms with van der Waals surface area (Å²) in [5.74, 6) is 1.29. The van der Waals surface area contributed by atoms with E-state index in [4.69, 9.17) is 9.47 Å². The van der Waals surface area contributed by atoms with Gasteiger partial charge in [0.1, 0.15) is 11.5 Å². The van der Waals surface area contributed by atoms with E-state index in [1.165, 1.54) is 5.56 Å². The molecule has 1 unspecified atom stereocenters. The number of nitrogens with zero attached hydrogens (tertiary/aromatic N) is 2. The lowest BCUT2D eigenvalue weighted by Crippen LogP contribution is -2.52. The summed E-state index contributed by atoms with van der Waals surface area (Å²) in [6.45, 7) is 6.67. The van der Waals surface area contributed by atoms with E-state index in [-0.39, 0.29) is 11.9 Å². The van der Waals surface area contributed by atoms with E-state index >= 15 is 0 Å². The van der Waals surface area contributed by atoms with Crippen LogP contribution in [0.4, 0.5) is 5.69 Å². The number of ether oxygens (including phenoxy) is 2. The van der Waals surface area contributed by atoms with E-state index in [2.05, 4.69) is 31.9 Å². The van der Waals surface area contributed by atoms with Crippen molar-refractivity contribution in [2.75, 3.05) is 45.7 Å². The Labute approximate surface area is 164 Å². The molecular formula is C20H27N3O3S. The molecule has 0 aliphatic carbocycles. The van der Waals surface area contributed by atoms with Crippen LogP contribution in [0, 0.1) is 0 Å². The molecule has 0 radical (unpaired) electrons. The lowest BCUT2D eigenvalue weighted by molar-refractivity contribution is -0.121. The van der Waals surface area contributed by atoms with Gasteiger partial charge in [-0.05, 0) is 29.3 Å². The fraction of sp³-hybridized carbons (Fsp3) is 0.450. The van der Waals surface area contributed by atoms with Gasteiger partial charge in [0.05, 0.1) is 20.3 Å². The summed E-state index contributed by atoms with van der Waals surface area (Å²) in [6, 6.07) is 7.37. The molecule has 7 heteroatoms. The number of carbonyl (C=O) groups excluding carboxylic acids is 1. The zero-order valence-electron chi connectivity index (χ0n) is 16.1. The molecule has 6 nitrogen and oxygen atoms in total. The van der Waals surface area contributed by atoms with E-state index in [1.54, 1.807) is 43.8 Å². The lowest BCUT2D eigenvalue weighted by atomic mass is 10.2. The Balaban J connectivity index is 1.53. The van der Waals surface area contributed by atoms with Gasteiger partial charge < -0.3 is 14.8 Å². The number of nitrogens with one attached hydrogen (secondary N) is 1. The SMILES string of the molecule is COc1cc(NC(=O)C(C)N2CCN(Cc3ccsc3)CC2)cc(OC)c1. The number of hydrogen-bond donors (Lipinski definition) is 1. The minimum absolute atomic E-state index is 0.0170. The van der Waals surface area contributed by atoms with Crippen LogP contribution in [0.25, 0.3) is 0 Å². The Morgan fingerprint density at radius 2 is 1.81 bits per heavy atom. The number of amides is 1. The van der Waals surface area contributed by atoms with Gasteiger partial charge in [-0.2, -0.15) is 11.3 Å². The summed E-state index contributed by atoms with van der Waals surface area (Å²) in [5, 5.41) is 7.30. The highest BCUT2D eigenvalue weighted by Crippen LogP contribution is 2.26. The number of methoxy groups -OCH3 is 2. The van der Waals surface area contributed by atoms with E-state index in [0.717, 1.165) is 32.7 Å². The molecule has 2 aromatic rings. The van der Waals surface area contributed by atoms with Crippen LogP contribution in [0.2, 0.25) is 0 Å². The molecule has 1 aliphatic heterocycles. The van der Waals surface area contributed by atoms with Crippen LogP contribution in [0.5, 0.6) is 11.5 Å². The Morgan fingerprint density at radius 3 is 2.37 bits per heavy atom. The minimum Gasteiger partial charge on any atom is -0.497 e. The number of rotatable bonds is 7. The maximum atomic E-state index is 12.7. The van der Waals surface area contributed by atoms with Gasteiger partial charge in [-0.1, -0.05) is 0 Å². The maximum absolute atomic E-state index is 12.7. The van der Waals surface area contributed by atoms with Gasteiger partial charge in [0.25, 0.3) is 0 Å². The van der Waals surface area contributed by atoms with Gasteiger partial charge in [0.15, 0.2) is 0 Å². The fourth-order valence-electron chi connectivity index (χ4n) is 3.24. The average molecular weight is 390 g/mol. The fourth-order valence-corrected chi connectivity index (χ4v) is 3.90. The summed E-state index contributed by atoms with van der Waals surface area (Å²) in [4.78, 5) is 17.4. The zero-order chi connectivity index (χ0) is 19.2. The number of anilines is 1. The predicted octanol–water partition coefficient (Wildman–Crippen LogP) is 2.91. The first-order valence-corrected chi connectivity index (χ1v) is 10.0. The van der Waals surface area contributed by atoms with Crippen molar-refractivity contribution in [3.05, 3.63) is 40.6 Å². The van der Waals surface area contributed by atoms with Gasteiger partial charge in [0.2, 0.25) is 5.91 Å². The molecule has 0 saturated carbocycles. The van der Waals surface area contributed by atoms with Crippen molar-refractivity contribution in [1.29, 1.82) is 0 Å². The number of piperazine rings is 1. The molecule has 1 amide bonds. The Morgan fingerprint density at radius 1 is 1.15 bits per heavy atom. The van der Waals surface area contributed by atoms with Crippen molar-refractivity contribution in [3.8, 4) is 11.5 Å². The summed E-state index contributed by atoms with van der Waals surface area (Å²) in [6.07, 6.45) is 0. The van der Waals surface area contributed by atoms with E-state index in [1.807, 2.05) is 6.92 Å². The van der Waals surface area contributed by atoms with Gasteiger partial charge >= 0.3 is 0 Å². The van der Waals surface area contributed by atoms with Crippen molar-refractivity contribution in [2.24, 2.45) is 0 Å². The van der Waals surface area contributed by atoms with E-state index < -0.39 is 0 Å². The molecule has 1 N–H and O–H groups in total. The summed E-state index contributed by atoms with van der Waals surface area (Å²) < 4.78 is 10.5. The molecule has 1 atom stereocenters. The van der Waals surface area contributed by atoms with E-state index in [0.29, 0.717) is 17.2 Å². The Bertz CT molecular complexity index is 721. The molecule has 1 saturated heterocycles. The largest absolute Gasteiger partial charge is 0.497 e. The summed E-state index contributed by atoms with van der Waals surface area (Å²) >= 11 is 1.74. The van der Waals surface area contributed by atoms with Crippen molar-refractivity contribution in [1.82, 2.24) is 9.80 Å². The van der Waals surface area contributed by atoms with Crippen LogP contribution in [0.3, 0.4) is 0 Å². The highest BCUT2D eigenvalue weighted by atomic mass is 32.1. The Hall–Kier alpha value is -2.09. The second-order valence-corrected chi connectivity index (χ2v) is 7.49. The number of carbonyl (C=O) groups is 1. The normalized spacial score (nSPS) is 16.7. The van der Waals surface area contributed by atoms with Gasteiger partial charge in [-0.15, -0.1) is 0 Å². The van der Waals surface area contributed by atoms with E-state index in [9.17, 15) is 4.79 Å². The smallest absolute Gasteiger partial charge is 0.241 e. The topological polar surface area (TPSA) is 54.0 Å². The first kappa shape index (κ1) is 19.7. The maximum Gasteiger partial charge on any atom is 0.241 e. The highest BCUT2D eigenvalue weighted by molar-refractivity contribution is 7.07. The van der Waals surface area contributed by atoms with Crippen LogP contribution in [-0.2, 0) is 11.3 Å². The number of thiophene rings is 1. The lowest BCUT2D eigenvalue weighted by Gasteiger charge is -2.37. The van der Waals surface area contributed by atoms with Gasteiger partial charge in [-0.3, -0.25) is 14.6 Å². The number of hydrogen-bond acceptors (Lipinski definition) is 6. The standard InChI is InChI=1S/C20H27N3O3S/c1-15(20(24)21-17-10-18(25-2)12-19(11-17)26-3)23-7-5-22(6-8-23)13-16-4-9-27-14-16/h4,9-12,14-15H,5-8,13H2,1-3H3,(H,21,24). The summed E-state index contributed by atoms with van der Waals surface area (Å²) in [5.41, 5.74) is 2.05. The van der Waals surface area contributed by atoms with Crippen molar-refractivity contribution >= 4 is 22.9 Å². The van der Waals surface area contributed by atoms with Crippen molar-refractivity contribution < 1.29 is 14.3 Å². The second-order valence-electron chi connectivity index (χ2n) is 6.71. The van der Waals surface area contributed by atoms with Crippen LogP contribution < -0.4 is 14.8 Å². The molecule has 2 heterocycles.